The Kier molecular flexibility index (Phi) is 5.35. The summed E-state index contributed by atoms with van der Waals surface area (Å²) in [6.07, 6.45) is 2.93. The molecule has 0 radical (unpaired) electrons. The maximum atomic E-state index is 12.7. The van der Waals surface area contributed by atoms with Crippen LogP contribution in [0, 0.1) is 0 Å². The first-order valence-electron chi connectivity index (χ1n) is 8.65. The van der Waals surface area contributed by atoms with Crippen LogP contribution in [-0.2, 0) is 16.0 Å². The quantitative estimate of drug-likeness (QED) is 0.801. The normalized spacial score (nSPS) is 15.2. The first kappa shape index (κ1) is 18.4. The van der Waals surface area contributed by atoms with Gasteiger partial charge in [0, 0.05) is 19.8 Å². The number of aryl methyl sites for hydroxylation is 1. The van der Waals surface area contributed by atoms with Crippen molar-refractivity contribution in [1.82, 2.24) is 0 Å². The third-order valence-electron chi connectivity index (χ3n) is 4.32. The van der Waals surface area contributed by atoms with Crippen molar-refractivity contribution in [2.75, 3.05) is 24.0 Å². The van der Waals surface area contributed by atoms with Gasteiger partial charge in [-0.25, -0.2) is 4.79 Å². The Balaban J connectivity index is 1.75. The van der Waals surface area contributed by atoms with Crippen LogP contribution in [0.3, 0.4) is 0 Å². The predicted octanol–water partition coefficient (Wildman–Crippen LogP) is 3.10. The van der Waals surface area contributed by atoms with Gasteiger partial charge in [0.2, 0.25) is 0 Å². The number of benzene rings is 2. The molecule has 27 heavy (non-hydrogen) atoms. The zero-order valence-electron chi connectivity index (χ0n) is 15.3. The molecule has 138 valence electrons. The molecule has 1 N–H and O–H groups in total. The van der Waals surface area contributed by atoms with E-state index in [2.05, 4.69) is 5.10 Å². The smallest absolute Gasteiger partial charge is 0.357 e. The zero-order valence-corrected chi connectivity index (χ0v) is 15.3. The van der Waals surface area contributed by atoms with E-state index in [1.54, 1.807) is 30.3 Å². The Morgan fingerprint density at radius 1 is 1.11 bits per heavy atom. The number of carbonyl (C=O) groups excluding carboxylic acids is 1. The molecule has 0 aliphatic carbocycles. The van der Waals surface area contributed by atoms with Crippen LogP contribution in [0.2, 0.25) is 0 Å². The average molecular weight is 363 g/mol. The number of carboxylic acid groups (broad SMARTS) is 1. The van der Waals surface area contributed by atoms with Gasteiger partial charge in [0.25, 0.3) is 5.91 Å². The molecule has 0 saturated heterocycles. The number of allylic oxidation sites excluding steroid dienone is 1. The number of aliphatic carboxylic acids is 1. The topological polar surface area (TPSA) is 73.2 Å². The lowest BCUT2D eigenvalue weighted by Gasteiger charge is -2.12. The Hall–Kier alpha value is -3.41. The molecule has 0 spiro atoms. The third kappa shape index (κ3) is 4.06. The van der Waals surface area contributed by atoms with E-state index in [4.69, 9.17) is 0 Å². The molecule has 6 heteroatoms. The maximum Gasteiger partial charge on any atom is 0.357 e. The van der Waals surface area contributed by atoms with E-state index in [1.807, 2.05) is 49.3 Å². The van der Waals surface area contributed by atoms with Crippen molar-refractivity contribution in [2.24, 2.45) is 5.10 Å². The van der Waals surface area contributed by atoms with Crippen molar-refractivity contribution in [2.45, 2.75) is 12.8 Å². The lowest BCUT2D eigenvalue weighted by molar-refractivity contribution is -0.129. The van der Waals surface area contributed by atoms with Gasteiger partial charge in [-0.1, -0.05) is 36.4 Å². The molecular weight excluding hydrogens is 342 g/mol. The van der Waals surface area contributed by atoms with E-state index in [-0.39, 0.29) is 11.3 Å². The fourth-order valence-electron chi connectivity index (χ4n) is 2.84. The van der Waals surface area contributed by atoms with Crippen molar-refractivity contribution in [3.63, 3.8) is 0 Å². The van der Waals surface area contributed by atoms with E-state index in [9.17, 15) is 14.7 Å². The van der Waals surface area contributed by atoms with Gasteiger partial charge in [-0.3, -0.25) is 4.79 Å². The molecule has 0 bridgehead atoms. The Bertz CT molecular complexity index is 900. The molecule has 6 nitrogen and oxygen atoms in total. The second-order valence-corrected chi connectivity index (χ2v) is 6.42. The third-order valence-corrected chi connectivity index (χ3v) is 4.32. The van der Waals surface area contributed by atoms with Crippen LogP contribution in [0.25, 0.3) is 0 Å². The zero-order chi connectivity index (χ0) is 19.4. The summed E-state index contributed by atoms with van der Waals surface area (Å²) >= 11 is 0. The molecule has 0 saturated carbocycles. The highest BCUT2D eigenvalue weighted by Gasteiger charge is 2.34. The maximum absolute atomic E-state index is 12.7. The highest BCUT2D eigenvalue weighted by Crippen LogP contribution is 2.24. The van der Waals surface area contributed by atoms with Gasteiger partial charge in [0.1, 0.15) is 0 Å². The van der Waals surface area contributed by atoms with Crippen molar-refractivity contribution in [3.8, 4) is 0 Å². The molecule has 0 aromatic heterocycles. The minimum Gasteiger partial charge on any atom is -0.476 e. The summed E-state index contributed by atoms with van der Waals surface area (Å²) in [6, 6.07) is 16.9. The minimum atomic E-state index is -1.21. The molecule has 2 aromatic carbocycles. The van der Waals surface area contributed by atoms with Gasteiger partial charge in [-0.15, -0.1) is 0 Å². The van der Waals surface area contributed by atoms with Crippen LogP contribution in [0.4, 0.5) is 11.4 Å². The molecule has 1 aliphatic rings. The molecule has 2 aromatic rings. The fourth-order valence-corrected chi connectivity index (χ4v) is 2.84. The number of anilines is 2. The van der Waals surface area contributed by atoms with Crippen LogP contribution in [0.1, 0.15) is 12.0 Å². The second kappa shape index (κ2) is 7.86. The van der Waals surface area contributed by atoms with Crippen molar-refractivity contribution in [1.29, 1.82) is 0 Å². The van der Waals surface area contributed by atoms with Gasteiger partial charge in [0.15, 0.2) is 5.71 Å². The standard InChI is InChI=1S/C21H21N3O3/c1-23(2)16-13-11-15(12-14-16)7-6-10-18-19(21(26)27)22-24(20(18)25)17-8-4-3-5-9-17/h3-5,8-14H,6-7H2,1-2H3,(H,26,27)/b18-10-. The largest absolute Gasteiger partial charge is 0.476 e. The van der Waals surface area contributed by atoms with Crippen molar-refractivity contribution < 1.29 is 14.7 Å². The van der Waals surface area contributed by atoms with E-state index in [0.717, 1.165) is 16.3 Å². The number of hydrogen-bond donors (Lipinski definition) is 1. The SMILES string of the molecule is CN(C)c1ccc(CC/C=C2\C(=O)N(c3ccccc3)N=C2C(=O)O)cc1. The Labute approximate surface area is 158 Å². The average Bonchev–Trinajstić information content (AvgIpc) is 3.00. The van der Waals surface area contributed by atoms with Crippen LogP contribution < -0.4 is 9.91 Å². The molecule has 0 atom stereocenters. The lowest BCUT2D eigenvalue weighted by atomic mass is 10.0. The van der Waals surface area contributed by atoms with Crippen LogP contribution in [0.5, 0.6) is 0 Å². The van der Waals surface area contributed by atoms with E-state index in [1.165, 1.54) is 0 Å². The fraction of sp³-hybridized carbons (Fsp3) is 0.190. The van der Waals surface area contributed by atoms with E-state index in [0.29, 0.717) is 18.5 Å². The number of hydrogen-bond acceptors (Lipinski definition) is 4. The summed E-state index contributed by atoms with van der Waals surface area (Å²) in [5, 5.41) is 14.6. The summed E-state index contributed by atoms with van der Waals surface area (Å²) in [7, 11) is 3.97. The van der Waals surface area contributed by atoms with Crippen molar-refractivity contribution in [3.05, 3.63) is 71.8 Å². The minimum absolute atomic E-state index is 0.135. The number of amides is 1. The monoisotopic (exact) mass is 363 g/mol. The lowest BCUT2D eigenvalue weighted by Crippen LogP contribution is -2.22. The van der Waals surface area contributed by atoms with Gasteiger partial charge in [0.05, 0.1) is 11.3 Å². The number of rotatable bonds is 6. The van der Waals surface area contributed by atoms with Gasteiger partial charge in [-0.05, 0) is 42.7 Å². The molecule has 1 heterocycles. The highest BCUT2D eigenvalue weighted by molar-refractivity contribution is 6.52. The van der Waals surface area contributed by atoms with Gasteiger partial charge < -0.3 is 10.0 Å². The number of carbonyl (C=O) groups is 2. The summed E-state index contributed by atoms with van der Waals surface area (Å²) in [6.45, 7) is 0. The first-order valence-corrected chi connectivity index (χ1v) is 8.65. The Morgan fingerprint density at radius 3 is 2.37 bits per heavy atom. The number of hydrazone groups is 1. The van der Waals surface area contributed by atoms with E-state index < -0.39 is 11.9 Å². The van der Waals surface area contributed by atoms with Crippen LogP contribution in [0.15, 0.2) is 71.3 Å². The first-order chi connectivity index (χ1) is 13.0. The summed E-state index contributed by atoms with van der Waals surface area (Å²) < 4.78 is 0. The van der Waals surface area contributed by atoms with E-state index >= 15 is 0 Å². The van der Waals surface area contributed by atoms with Gasteiger partial charge in [-0.2, -0.15) is 10.1 Å². The van der Waals surface area contributed by atoms with Crippen LogP contribution >= 0.6 is 0 Å². The number of para-hydroxylation sites is 1. The summed E-state index contributed by atoms with van der Waals surface area (Å²) in [5.74, 6) is -1.62. The number of carboxylic acids is 1. The second-order valence-electron chi connectivity index (χ2n) is 6.42. The molecule has 3 rings (SSSR count). The van der Waals surface area contributed by atoms with Crippen molar-refractivity contribution >= 4 is 29.0 Å². The Morgan fingerprint density at radius 2 is 1.78 bits per heavy atom. The van der Waals surface area contributed by atoms with Gasteiger partial charge >= 0.3 is 5.97 Å². The van der Waals surface area contributed by atoms with Crippen LogP contribution in [-0.4, -0.2) is 36.8 Å². The number of nitrogens with zero attached hydrogens (tertiary/aromatic N) is 3. The summed E-state index contributed by atoms with van der Waals surface area (Å²) in [5.41, 5.74) is 2.70. The highest BCUT2D eigenvalue weighted by atomic mass is 16.4. The summed E-state index contributed by atoms with van der Waals surface area (Å²) in [4.78, 5) is 26.2. The molecular formula is C21H21N3O3. The molecule has 0 unspecified atom stereocenters. The predicted molar refractivity (Wildman–Crippen MR) is 106 cm³/mol. The molecule has 1 amide bonds. The molecule has 0 fully saturated rings. The molecule has 1 aliphatic heterocycles.